The van der Waals surface area contributed by atoms with Crippen LogP contribution >= 0.6 is 23.2 Å². The van der Waals surface area contributed by atoms with Crippen LogP contribution < -0.4 is 4.74 Å². The third-order valence-electron chi connectivity index (χ3n) is 7.74. The van der Waals surface area contributed by atoms with Crippen molar-refractivity contribution in [2.45, 2.75) is 77.6 Å². The molecule has 0 aliphatic heterocycles. The summed E-state index contributed by atoms with van der Waals surface area (Å²) < 4.78 is 6.77. The number of ether oxygens (including phenoxy) is 1. The Kier molecular flexibility index (Phi) is 6.40. The Morgan fingerprint density at radius 2 is 1.67 bits per heavy atom. The van der Waals surface area contributed by atoms with Crippen molar-refractivity contribution in [3.05, 3.63) is 80.4 Å². The molecule has 3 aliphatic rings. The van der Waals surface area contributed by atoms with Gasteiger partial charge in [0.15, 0.2) is 0 Å². The van der Waals surface area contributed by atoms with E-state index in [2.05, 4.69) is 32.9 Å². The highest BCUT2D eigenvalue weighted by Crippen LogP contribution is 2.53. The summed E-state index contributed by atoms with van der Waals surface area (Å²) in [5.41, 5.74) is 7.29. The van der Waals surface area contributed by atoms with E-state index >= 15 is 0 Å². The molecule has 1 nitrogen and oxygen atoms in total. The Hall–Kier alpha value is -1.70. The van der Waals surface area contributed by atoms with Gasteiger partial charge >= 0.3 is 0 Å². The van der Waals surface area contributed by atoms with Crippen molar-refractivity contribution in [3.8, 4) is 5.75 Å². The maximum atomic E-state index is 6.77. The predicted molar refractivity (Wildman–Crippen MR) is 140 cm³/mol. The minimum atomic E-state index is -0.0371. The Labute approximate surface area is 208 Å². The SMILES string of the molecule is CC(C)(C)c1cc(/C(Oc2ccc(Cl)cc2)=C2/C3CCCC2C2=C(CCCC2)C3)ccc1Cl. The van der Waals surface area contributed by atoms with Gasteiger partial charge in [-0.15, -0.1) is 0 Å². The molecule has 2 bridgehead atoms. The van der Waals surface area contributed by atoms with Crippen LogP contribution in [0.3, 0.4) is 0 Å². The number of allylic oxidation sites excluding steroid dienone is 3. The molecule has 0 saturated heterocycles. The van der Waals surface area contributed by atoms with E-state index in [-0.39, 0.29) is 5.41 Å². The number of halogens is 2. The Bertz CT molecular complexity index is 1100. The highest BCUT2D eigenvalue weighted by atomic mass is 35.5. The van der Waals surface area contributed by atoms with E-state index in [4.69, 9.17) is 27.9 Å². The average Bonchev–Trinajstić information content (AvgIpc) is 2.78. The minimum Gasteiger partial charge on any atom is -0.457 e. The topological polar surface area (TPSA) is 9.23 Å². The lowest BCUT2D eigenvalue weighted by Crippen LogP contribution is -2.30. The van der Waals surface area contributed by atoms with Crippen molar-refractivity contribution in [1.82, 2.24) is 0 Å². The quantitative estimate of drug-likeness (QED) is 0.313. The van der Waals surface area contributed by atoms with Crippen molar-refractivity contribution in [2.24, 2.45) is 11.8 Å². The summed E-state index contributed by atoms with van der Waals surface area (Å²) in [7, 11) is 0. The lowest BCUT2D eigenvalue weighted by atomic mass is 9.62. The molecular weight excluding hydrogens is 447 g/mol. The van der Waals surface area contributed by atoms with Crippen LogP contribution in [0.25, 0.3) is 5.76 Å². The summed E-state index contributed by atoms with van der Waals surface area (Å²) in [5, 5.41) is 1.55. The summed E-state index contributed by atoms with van der Waals surface area (Å²) in [6.07, 6.45) is 10.3. The van der Waals surface area contributed by atoms with E-state index in [9.17, 15) is 0 Å². The molecule has 0 aromatic heterocycles. The second-order valence-electron chi connectivity index (χ2n) is 11.0. The van der Waals surface area contributed by atoms with E-state index in [1.165, 1.54) is 56.9 Å². The summed E-state index contributed by atoms with van der Waals surface area (Å²) in [6.45, 7) is 6.66. The monoisotopic (exact) mass is 480 g/mol. The maximum Gasteiger partial charge on any atom is 0.134 e. The lowest BCUT2D eigenvalue weighted by Gasteiger charge is -2.43. The van der Waals surface area contributed by atoms with Crippen molar-refractivity contribution < 1.29 is 4.74 Å². The van der Waals surface area contributed by atoms with Crippen LogP contribution in [0, 0.1) is 11.8 Å². The molecule has 0 amide bonds. The van der Waals surface area contributed by atoms with Crippen molar-refractivity contribution in [3.63, 3.8) is 0 Å². The molecule has 2 atom stereocenters. The Balaban J connectivity index is 1.68. The lowest BCUT2D eigenvalue weighted by molar-refractivity contribution is 0.335. The first-order valence-corrected chi connectivity index (χ1v) is 13.3. The van der Waals surface area contributed by atoms with Crippen LogP contribution in [0.1, 0.15) is 83.3 Å². The van der Waals surface area contributed by atoms with Crippen LogP contribution in [0.15, 0.2) is 59.2 Å². The van der Waals surface area contributed by atoms with E-state index < -0.39 is 0 Å². The molecule has 2 aromatic carbocycles. The molecule has 5 rings (SSSR count). The maximum absolute atomic E-state index is 6.77. The van der Waals surface area contributed by atoms with Gasteiger partial charge in [-0.05, 0) is 110 Å². The largest absolute Gasteiger partial charge is 0.457 e. The zero-order valence-electron chi connectivity index (χ0n) is 20.0. The minimum absolute atomic E-state index is 0.0371. The van der Waals surface area contributed by atoms with Gasteiger partial charge in [-0.1, -0.05) is 61.5 Å². The van der Waals surface area contributed by atoms with Gasteiger partial charge in [0, 0.05) is 21.5 Å². The number of hydrogen-bond donors (Lipinski definition) is 0. The molecule has 2 aromatic rings. The zero-order chi connectivity index (χ0) is 23.2. The van der Waals surface area contributed by atoms with Gasteiger partial charge < -0.3 is 4.74 Å². The van der Waals surface area contributed by atoms with Crippen LogP contribution in [0.2, 0.25) is 10.0 Å². The number of benzene rings is 2. The summed E-state index contributed by atoms with van der Waals surface area (Å²) in [5.74, 6) is 3.00. The van der Waals surface area contributed by atoms with E-state index in [0.717, 1.165) is 32.7 Å². The molecular formula is C30H34Cl2O. The first-order valence-electron chi connectivity index (χ1n) is 12.5. The predicted octanol–water partition coefficient (Wildman–Crippen LogP) is 9.77. The van der Waals surface area contributed by atoms with Crippen LogP contribution in [-0.2, 0) is 5.41 Å². The summed E-state index contributed by atoms with van der Waals surface area (Å²) in [6, 6.07) is 14.2. The third-order valence-corrected chi connectivity index (χ3v) is 8.32. The third kappa shape index (κ3) is 4.64. The van der Waals surface area contributed by atoms with E-state index in [1.807, 2.05) is 30.3 Å². The summed E-state index contributed by atoms with van der Waals surface area (Å²) in [4.78, 5) is 0. The van der Waals surface area contributed by atoms with Crippen LogP contribution in [-0.4, -0.2) is 0 Å². The number of hydrogen-bond acceptors (Lipinski definition) is 1. The molecule has 0 heterocycles. The van der Waals surface area contributed by atoms with Crippen LogP contribution in [0.4, 0.5) is 0 Å². The van der Waals surface area contributed by atoms with Crippen molar-refractivity contribution in [1.29, 1.82) is 0 Å². The van der Waals surface area contributed by atoms with E-state index in [0.29, 0.717) is 11.8 Å². The molecule has 1 fully saturated rings. The van der Waals surface area contributed by atoms with Gasteiger partial charge in [0.1, 0.15) is 11.5 Å². The molecule has 174 valence electrons. The van der Waals surface area contributed by atoms with Gasteiger partial charge in [0.05, 0.1) is 0 Å². The first-order chi connectivity index (χ1) is 15.8. The first kappa shape index (κ1) is 23.1. The van der Waals surface area contributed by atoms with Gasteiger partial charge in [0.25, 0.3) is 0 Å². The molecule has 0 spiro atoms. The fraction of sp³-hybridized carbons (Fsp3) is 0.467. The normalized spacial score (nSPS) is 24.4. The highest BCUT2D eigenvalue weighted by molar-refractivity contribution is 6.31. The Morgan fingerprint density at radius 1 is 0.909 bits per heavy atom. The van der Waals surface area contributed by atoms with Gasteiger partial charge in [-0.3, -0.25) is 0 Å². The number of fused-ring (bicyclic) bond motifs is 3. The smallest absolute Gasteiger partial charge is 0.134 e. The average molecular weight is 482 g/mol. The molecule has 0 radical (unpaired) electrons. The highest BCUT2D eigenvalue weighted by Gasteiger charge is 2.39. The molecule has 2 unspecified atom stereocenters. The molecule has 0 N–H and O–H groups in total. The zero-order valence-corrected chi connectivity index (χ0v) is 21.5. The second-order valence-corrected chi connectivity index (χ2v) is 11.8. The molecule has 33 heavy (non-hydrogen) atoms. The molecule has 1 saturated carbocycles. The van der Waals surface area contributed by atoms with Gasteiger partial charge in [-0.25, -0.2) is 0 Å². The number of rotatable bonds is 3. The molecule has 3 aliphatic carbocycles. The fourth-order valence-corrected chi connectivity index (χ4v) is 6.70. The van der Waals surface area contributed by atoms with Crippen molar-refractivity contribution in [2.75, 3.05) is 0 Å². The van der Waals surface area contributed by atoms with Crippen LogP contribution in [0.5, 0.6) is 5.75 Å². The second kappa shape index (κ2) is 9.16. The van der Waals surface area contributed by atoms with E-state index in [1.54, 1.807) is 11.1 Å². The molecule has 3 heteroatoms. The standard InChI is InChI=1S/C30H34Cl2O/c1-30(2,3)26-18-21(11-16-27(26)32)29(33-23-14-12-22(31)13-15-23)28-20-8-6-10-25(28)24-9-5-4-7-19(24)17-20/h11-16,18,20,25H,4-10,17H2,1-3H3/b29-28+. The Morgan fingerprint density at radius 3 is 2.42 bits per heavy atom. The van der Waals surface area contributed by atoms with Gasteiger partial charge in [0.2, 0.25) is 0 Å². The fourth-order valence-electron chi connectivity index (χ4n) is 6.17. The van der Waals surface area contributed by atoms with Gasteiger partial charge in [-0.2, -0.15) is 0 Å². The summed E-state index contributed by atoms with van der Waals surface area (Å²) >= 11 is 12.8. The van der Waals surface area contributed by atoms with Crippen molar-refractivity contribution >= 4 is 29.0 Å².